The second-order valence-corrected chi connectivity index (χ2v) is 3.53. The highest BCUT2D eigenvalue weighted by molar-refractivity contribution is 5.41. The third-order valence-corrected chi connectivity index (χ3v) is 2.14. The molecule has 0 aliphatic heterocycles. The molecule has 0 aliphatic carbocycles. The zero-order valence-corrected chi connectivity index (χ0v) is 9.77. The van der Waals surface area contributed by atoms with Crippen molar-refractivity contribution in [2.75, 3.05) is 18.1 Å². The highest BCUT2D eigenvalue weighted by Gasteiger charge is 1.80. The van der Waals surface area contributed by atoms with Gasteiger partial charge in [0.1, 0.15) is 0 Å². The summed E-state index contributed by atoms with van der Waals surface area (Å²) < 4.78 is 0. The predicted molar refractivity (Wildman–Crippen MR) is 71.6 cm³/mol. The Balaban J connectivity index is 0.000000160. The van der Waals surface area contributed by atoms with Crippen molar-refractivity contribution in [1.29, 1.82) is 0 Å². The maximum atomic E-state index is 5.43. The summed E-state index contributed by atoms with van der Waals surface area (Å²) in [5.41, 5.74) is 8.66. The van der Waals surface area contributed by atoms with E-state index in [0.29, 0.717) is 0 Å². The smallest absolute Gasteiger partial charge is 0.0337 e. The number of hydrogen-bond acceptors (Lipinski definition) is 2. The van der Waals surface area contributed by atoms with Crippen molar-refractivity contribution in [2.24, 2.45) is 0 Å². The van der Waals surface area contributed by atoms with Gasteiger partial charge in [-0.15, -0.1) is 0 Å². The van der Waals surface area contributed by atoms with Crippen molar-refractivity contribution in [1.82, 2.24) is 0 Å². The maximum Gasteiger partial charge on any atom is 0.0337 e. The number of benzene rings is 2. The number of anilines is 2. The Morgan fingerprint density at radius 2 is 1.44 bits per heavy atom. The lowest BCUT2D eigenvalue weighted by atomic mass is 10.2. The molecule has 2 rings (SSSR count). The van der Waals surface area contributed by atoms with Gasteiger partial charge in [-0.05, 0) is 31.2 Å². The van der Waals surface area contributed by atoms with Gasteiger partial charge in [-0.1, -0.05) is 35.9 Å². The molecule has 0 spiro atoms. The number of aryl methyl sites for hydroxylation is 1. The number of para-hydroxylation sites is 1. The number of rotatable bonds is 1. The predicted octanol–water partition coefficient (Wildman–Crippen LogP) is 3.31. The minimum Gasteiger partial charge on any atom is -0.399 e. The molecule has 84 valence electrons. The van der Waals surface area contributed by atoms with Gasteiger partial charge >= 0.3 is 0 Å². The summed E-state index contributed by atoms with van der Waals surface area (Å²) in [4.78, 5) is 0. The molecule has 0 bridgehead atoms. The van der Waals surface area contributed by atoms with Crippen LogP contribution in [0.4, 0.5) is 11.4 Å². The second kappa shape index (κ2) is 6.51. The van der Waals surface area contributed by atoms with Crippen molar-refractivity contribution in [3.63, 3.8) is 0 Å². The van der Waals surface area contributed by atoms with Crippen LogP contribution in [-0.2, 0) is 0 Å². The molecule has 0 fully saturated rings. The Morgan fingerprint density at radius 3 is 1.81 bits per heavy atom. The van der Waals surface area contributed by atoms with Crippen LogP contribution in [-0.4, -0.2) is 7.05 Å². The van der Waals surface area contributed by atoms with E-state index in [0.717, 1.165) is 11.4 Å². The van der Waals surface area contributed by atoms with Crippen molar-refractivity contribution >= 4 is 11.4 Å². The third kappa shape index (κ3) is 4.51. The molecule has 2 nitrogen and oxygen atoms in total. The highest BCUT2D eigenvalue weighted by atomic mass is 14.8. The molecular weight excluding hydrogens is 196 g/mol. The van der Waals surface area contributed by atoms with E-state index in [1.807, 2.05) is 68.6 Å². The lowest BCUT2D eigenvalue weighted by molar-refractivity contribution is 1.47. The molecule has 0 radical (unpaired) electrons. The van der Waals surface area contributed by atoms with Gasteiger partial charge in [-0.3, -0.25) is 0 Å². The summed E-state index contributed by atoms with van der Waals surface area (Å²) in [6.45, 7) is 2.04. The van der Waals surface area contributed by atoms with Crippen LogP contribution in [0.25, 0.3) is 0 Å². The molecule has 2 aromatic carbocycles. The number of hydrogen-bond donors (Lipinski definition) is 2. The minimum absolute atomic E-state index is 0.829. The van der Waals surface area contributed by atoms with E-state index in [9.17, 15) is 0 Å². The summed E-state index contributed by atoms with van der Waals surface area (Å²) in [6.07, 6.45) is 0. The Labute approximate surface area is 97.1 Å². The van der Waals surface area contributed by atoms with Gasteiger partial charge < -0.3 is 11.1 Å². The molecule has 3 N–H and O–H groups in total. The number of nitrogen functional groups attached to an aromatic ring is 1. The largest absolute Gasteiger partial charge is 0.399 e. The second-order valence-electron chi connectivity index (χ2n) is 3.53. The first-order valence-electron chi connectivity index (χ1n) is 5.27. The molecule has 0 unspecified atom stereocenters. The van der Waals surface area contributed by atoms with Crippen LogP contribution in [0.1, 0.15) is 5.56 Å². The Bertz CT molecular complexity index is 372. The van der Waals surface area contributed by atoms with Gasteiger partial charge in [0.2, 0.25) is 0 Å². The topological polar surface area (TPSA) is 38.0 Å². The van der Waals surface area contributed by atoms with Crippen molar-refractivity contribution in [3.8, 4) is 0 Å². The quantitative estimate of drug-likeness (QED) is 0.715. The molecule has 2 heteroatoms. The van der Waals surface area contributed by atoms with E-state index in [1.165, 1.54) is 5.56 Å². The van der Waals surface area contributed by atoms with E-state index in [-0.39, 0.29) is 0 Å². The first kappa shape index (κ1) is 12.1. The minimum atomic E-state index is 0.829. The van der Waals surface area contributed by atoms with E-state index >= 15 is 0 Å². The summed E-state index contributed by atoms with van der Waals surface area (Å²) in [7, 11) is 1.91. The summed E-state index contributed by atoms with van der Waals surface area (Å²) in [6, 6.07) is 17.9. The fraction of sp³-hybridized carbons (Fsp3) is 0.143. The lowest BCUT2D eigenvalue weighted by Gasteiger charge is -1.94. The van der Waals surface area contributed by atoms with Crippen LogP contribution >= 0.6 is 0 Å². The molecule has 0 aliphatic rings. The average molecular weight is 214 g/mol. The standard InChI is InChI=1S/2C7H9N/c1-6-2-4-7(8)5-3-6;1-8-7-5-3-2-4-6-7/h2-5H,8H2,1H3;2-6,8H,1H3. The third-order valence-electron chi connectivity index (χ3n) is 2.14. The van der Waals surface area contributed by atoms with Crippen LogP contribution in [0.15, 0.2) is 54.6 Å². The zero-order chi connectivity index (χ0) is 11.8. The summed E-state index contributed by atoms with van der Waals surface area (Å²) >= 11 is 0. The van der Waals surface area contributed by atoms with Crippen LogP contribution in [0.3, 0.4) is 0 Å². The molecule has 0 atom stereocenters. The van der Waals surface area contributed by atoms with Crippen molar-refractivity contribution in [2.45, 2.75) is 6.92 Å². The van der Waals surface area contributed by atoms with E-state index in [4.69, 9.17) is 5.73 Å². The molecule has 2 aromatic rings. The molecule has 0 amide bonds. The highest BCUT2D eigenvalue weighted by Crippen LogP contribution is 2.02. The van der Waals surface area contributed by atoms with Gasteiger partial charge in [0.15, 0.2) is 0 Å². The lowest BCUT2D eigenvalue weighted by Crippen LogP contribution is -1.84. The van der Waals surface area contributed by atoms with Crippen LogP contribution in [0.2, 0.25) is 0 Å². The van der Waals surface area contributed by atoms with Gasteiger partial charge in [0, 0.05) is 18.4 Å². The van der Waals surface area contributed by atoms with Gasteiger partial charge in [-0.2, -0.15) is 0 Å². The Hall–Kier alpha value is -1.96. The molecule has 0 saturated carbocycles. The SMILES string of the molecule is CNc1ccccc1.Cc1ccc(N)cc1. The molecule has 0 saturated heterocycles. The fourth-order valence-corrected chi connectivity index (χ4v) is 1.17. The fourth-order valence-electron chi connectivity index (χ4n) is 1.17. The molecule has 16 heavy (non-hydrogen) atoms. The molecule has 0 heterocycles. The Morgan fingerprint density at radius 1 is 0.875 bits per heavy atom. The molecular formula is C14H18N2. The van der Waals surface area contributed by atoms with Crippen molar-refractivity contribution in [3.05, 3.63) is 60.2 Å². The van der Waals surface area contributed by atoms with Crippen molar-refractivity contribution < 1.29 is 0 Å². The van der Waals surface area contributed by atoms with Gasteiger partial charge in [-0.25, -0.2) is 0 Å². The van der Waals surface area contributed by atoms with E-state index < -0.39 is 0 Å². The average Bonchev–Trinajstić information content (AvgIpc) is 2.35. The first-order chi connectivity index (χ1) is 7.72. The van der Waals surface area contributed by atoms with E-state index in [1.54, 1.807) is 0 Å². The number of nitrogens with two attached hydrogens (primary N) is 1. The monoisotopic (exact) mass is 214 g/mol. The molecule has 0 aromatic heterocycles. The van der Waals surface area contributed by atoms with Gasteiger partial charge in [0.25, 0.3) is 0 Å². The summed E-state index contributed by atoms with van der Waals surface area (Å²) in [5.74, 6) is 0. The van der Waals surface area contributed by atoms with Crippen LogP contribution in [0.5, 0.6) is 0 Å². The zero-order valence-electron chi connectivity index (χ0n) is 9.77. The summed E-state index contributed by atoms with van der Waals surface area (Å²) in [5, 5.41) is 3.03. The van der Waals surface area contributed by atoms with Crippen LogP contribution < -0.4 is 11.1 Å². The Kier molecular flexibility index (Phi) is 4.93. The van der Waals surface area contributed by atoms with Crippen LogP contribution in [0, 0.1) is 6.92 Å². The van der Waals surface area contributed by atoms with E-state index in [2.05, 4.69) is 5.32 Å². The van der Waals surface area contributed by atoms with Gasteiger partial charge in [0.05, 0.1) is 0 Å². The first-order valence-corrected chi connectivity index (χ1v) is 5.27. The normalized spacial score (nSPS) is 8.88. The number of nitrogens with one attached hydrogen (secondary N) is 1. The maximum absolute atomic E-state index is 5.43.